The Morgan fingerprint density at radius 1 is 1.56 bits per heavy atom. The van der Waals surface area contributed by atoms with Gasteiger partial charge in [0.05, 0.1) is 18.2 Å². The van der Waals surface area contributed by atoms with Gasteiger partial charge in [-0.3, -0.25) is 4.79 Å². The Hall–Kier alpha value is -1.39. The van der Waals surface area contributed by atoms with Crippen LogP contribution in [0.3, 0.4) is 0 Å². The van der Waals surface area contributed by atoms with Gasteiger partial charge in [0, 0.05) is 6.42 Å². The quantitative estimate of drug-likeness (QED) is 0.662. The molecule has 1 aliphatic rings. The van der Waals surface area contributed by atoms with E-state index in [1.54, 1.807) is 6.92 Å². The minimum absolute atomic E-state index is 0.235. The van der Waals surface area contributed by atoms with E-state index in [1.807, 2.05) is 24.3 Å². The second-order valence-electron chi connectivity index (χ2n) is 4.25. The van der Waals surface area contributed by atoms with E-state index in [2.05, 4.69) is 5.32 Å². The average Bonchev–Trinajstić information content (AvgIpc) is 2.55. The average molecular weight is 220 g/mol. The van der Waals surface area contributed by atoms with Gasteiger partial charge in [0.2, 0.25) is 5.91 Å². The SMILES string of the molecule is CC(N)C(=O)N[C@H]1c2ccccc2C[C@H]1O. The van der Waals surface area contributed by atoms with Crippen LogP contribution in [0.25, 0.3) is 0 Å². The van der Waals surface area contributed by atoms with E-state index in [0.29, 0.717) is 6.42 Å². The molecule has 1 amide bonds. The highest BCUT2D eigenvalue weighted by Gasteiger charge is 2.32. The number of nitrogens with one attached hydrogen (secondary N) is 1. The van der Waals surface area contributed by atoms with E-state index in [0.717, 1.165) is 11.1 Å². The highest BCUT2D eigenvalue weighted by atomic mass is 16.3. The molecule has 0 bridgehead atoms. The summed E-state index contributed by atoms with van der Waals surface area (Å²) in [5.41, 5.74) is 7.56. The molecule has 4 N–H and O–H groups in total. The lowest BCUT2D eigenvalue weighted by Crippen LogP contribution is -2.42. The number of carbonyl (C=O) groups is 1. The first-order chi connectivity index (χ1) is 7.59. The second kappa shape index (κ2) is 4.23. The van der Waals surface area contributed by atoms with Gasteiger partial charge >= 0.3 is 0 Å². The van der Waals surface area contributed by atoms with Gasteiger partial charge < -0.3 is 16.2 Å². The molecule has 1 aromatic carbocycles. The van der Waals surface area contributed by atoms with E-state index < -0.39 is 12.1 Å². The molecule has 0 saturated carbocycles. The van der Waals surface area contributed by atoms with Crippen molar-refractivity contribution in [1.82, 2.24) is 5.32 Å². The minimum atomic E-state index is -0.556. The van der Waals surface area contributed by atoms with E-state index in [-0.39, 0.29) is 11.9 Å². The van der Waals surface area contributed by atoms with Crippen molar-refractivity contribution in [3.63, 3.8) is 0 Å². The molecular weight excluding hydrogens is 204 g/mol. The first-order valence-electron chi connectivity index (χ1n) is 5.41. The lowest BCUT2D eigenvalue weighted by Gasteiger charge is -2.19. The maximum absolute atomic E-state index is 11.5. The Balaban J connectivity index is 2.19. The van der Waals surface area contributed by atoms with Crippen LogP contribution in [0.2, 0.25) is 0 Å². The summed E-state index contributed by atoms with van der Waals surface area (Å²) in [6.07, 6.45) is 0.0279. The molecule has 2 rings (SSSR count). The van der Waals surface area contributed by atoms with Crippen LogP contribution in [0.5, 0.6) is 0 Å². The number of hydrogen-bond acceptors (Lipinski definition) is 3. The maximum atomic E-state index is 11.5. The van der Waals surface area contributed by atoms with Crippen LogP contribution < -0.4 is 11.1 Å². The van der Waals surface area contributed by atoms with Crippen LogP contribution in [-0.4, -0.2) is 23.2 Å². The number of fused-ring (bicyclic) bond motifs is 1. The van der Waals surface area contributed by atoms with Gasteiger partial charge in [-0.2, -0.15) is 0 Å². The number of nitrogens with two attached hydrogens (primary N) is 1. The standard InChI is InChI=1S/C12H16N2O2/c1-7(13)12(16)14-11-9-5-3-2-4-8(9)6-10(11)15/h2-5,7,10-11,15H,6,13H2,1H3,(H,14,16)/t7?,10-,11+/m1/s1. The summed E-state index contributed by atoms with van der Waals surface area (Å²) in [6.45, 7) is 1.63. The third kappa shape index (κ3) is 1.94. The zero-order chi connectivity index (χ0) is 11.7. The Morgan fingerprint density at radius 2 is 2.25 bits per heavy atom. The van der Waals surface area contributed by atoms with Crippen molar-refractivity contribution < 1.29 is 9.90 Å². The number of aliphatic hydroxyl groups excluding tert-OH is 1. The van der Waals surface area contributed by atoms with Crippen molar-refractivity contribution in [2.24, 2.45) is 5.73 Å². The van der Waals surface area contributed by atoms with Gasteiger partial charge in [0.25, 0.3) is 0 Å². The number of carbonyl (C=O) groups excluding carboxylic acids is 1. The van der Waals surface area contributed by atoms with Crippen LogP contribution in [0.1, 0.15) is 24.1 Å². The third-order valence-corrected chi connectivity index (χ3v) is 2.92. The fourth-order valence-corrected chi connectivity index (χ4v) is 2.03. The predicted octanol–water partition coefficient (Wildman–Crippen LogP) is 0.108. The van der Waals surface area contributed by atoms with Gasteiger partial charge in [0.15, 0.2) is 0 Å². The minimum Gasteiger partial charge on any atom is -0.390 e. The lowest BCUT2D eigenvalue weighted by atomic mass is 10.1. The molecule has 86 valence electrons. The first kappa shape index (κ1) is 11.1. The molecule has 1 aromatic rings. The number of aliphatic hydroxyl groups is 1. The summed E-state index contributed by atoms with van der Waals surface area (Å²) in [5, 5.41) is 12.7. The Bertz CT molecular complexity index is 404. The lowest BCUT2D eigenvalue weighted by molar-refractivity contribution is -0.123. The van der Waals surface area contributed by atoms with Crippen molar-refractivity contribution in [3.8, 4) is 0 Å². The Morgan fingerprint density at radius 3 is 2.94 bits per heavy atom. The van der Waals surface area contributed by atoms with Crippen molar-refractivity contribution in [2.45, 2.75) is 31.5 Å². The summed E-state index contributed by atoms with van der Waals surface area (Å²) >= 11 is 0. The zero-order valence-electron chi connectivity index (χ0n) is 9.18. The van der Waals surface area contributed by atoms with E-state index in [1.165, 1.54) is 0 Å². The maximum Gasteiger partial charge on any atom is 0.237 e. The second-order valence-corrected chi connectivity index (χ2v) is 4.25. The molecule has 0 aliphatic heterocycles. The number of rotatable bonds is 2. The molecule has 0 aromatic heterocycles. The molecule has 3 atom stereocenters. The molecule has 4 nitrogen and oxygen atoms in total. The zero-order valence-corrected chi connectivity index (χ0v) is 9.18. The fraction of sp³-hybridized carbons (Fsp3) is 0.417. The summed E-state index contributed by atoms with van der Waals surface area (Å²) in [6, 6.07) is 6.85. The van der Waals surface area contributed by atoms with Gasteiger partial charge in [-0.05, 0) is 18.1 Å². The summed E-state index contributed by atoms with van der Waals surface area (Å²) in [7, 11) is 0. The molecule has 1 aliphatic carbocycles. The van der Waals surface area contributed by atoms with Crippen LogP contribution in [0, 0.1) is 0 Å². The van der Waals surface area contributed by atoms with Crippen LogP contribution in [0.15, 0.2) is 24.3 Å². The van der Waals surface area contributed by atoms with Crippen molar-refractivity contribution in [1.29, 1.82) is 0 Å². The summed E-state index contributed by atoms with van der Waals surface area (Å²) in [4.78, 5) is 11.5. The molecule has 4 heteroatoms. The van der Waals surface area contributed by atoms with Crippen molar-refractivity contribution in [3.05, 3.63) is 35.4 Å². The Labute approximate surface area is 94.5 Å². The molecule has 16 heavy (non-hydrogen) atoms. The number of benzene rings is 1. The molecule has 1 unspecified atom stereocenters. The van der Waals surface area contributed by atoms with Crippen molar-refractivity contribution in [2.75, 3.05) is 0 Å². The highest BCUT2D eigenvalue weighted by molar-refractivity contribution is 5.81. The van der Waals surface area contributed by atoms with E-state index in [9.17, 15) is 9.90 Å². The molecule has 0 radical (unpaired) electrons. The first-order valence-corrected chi connectivity index (χ1v) is 5.41. The summed E-state index contributed by atoms with van der Waals surface area (Å²) in [5.74, 6) is -0.235. The smallest absolute Gasteiger partial charge is 0.237 e. The van der Waals surface area contributed by atoms with Crippen LogP contribution >= 0.6 is 0 Å². The monoisotopic (exact) mass is 220 g/mol. The topological polar surface area (TPSA) is 75.4 Å². The van der Waals surface area contributed by atoms with Crippen molar-refractivity contribution >= 4 is 5.91 Å². The number of amides is 1. The predicted molar refractivity (Wildman–Crippen MR) is 60.7 cm³/mol. The molecule has 0 heterocycles. The van der Waals surface area contributed by atoms with Crippen LogP contribution in [-0.2, 0) is 11.2 Å². The number of hydrogen-bond donors (Lipinski definition) is 3. The van der Waals surface area contributed by atoms with Gasteiger partial charge in [-0.1, -0.05) is 24.3 Å². The fourth-order valence-electron chi connectivity index (χ4n) is 2.03. The van der Waals surface area contributed by atoms with Crippen LogP contribution in [0.4, 0.5) is 0 Å². The van der Waals surface area contributed by atoms with Gasteiger partial charge in [0.1, 0.15) is 0 Å². The molecule has 0 saturated heterocycles. The molecular formula is C12H16N2O2. The van der Waals surface area contributed by atoms with E-state index in [4.69, 9.17) is 5.73 Å². The summed E-state index contributed by atoms with van der Waals surface area (Å²) < 4.78 is 0. The normalized spacial score (nSPS) is 24.9. The van der Waals surface area contributed by atoms with Gasteiger partial charge in [-0.15, -0.1) is 0 Å². The highest BCUT2D eigenvalue weighted by Crippen LogP contribution is 2.31. The van der Waals surface area contributed by atoms with Gasteiger partial charge in [-0.25, -0.2) is 0 Å². The van der Waals surface area contributed by atoms with E-state index >= 15 is 0 Å². The molecule has 0 fully saturated rings. The molecule has 0 spiro atoms. The Kier molecular flexibility index (Phi) is 2.94. The largest absolute Gasteiger partial charge is 0.390 e. The third-order valence-electron chi connectivity index (χ3n) is 2.92.